The van der Waals surface area contributed by atoms with Gasteiger partial charge in [0.2, 0.25) is 5.91 Å². The van der Waals surface area contributed by atoms with E-state index < -0.39 is 0 Å². The van der Waals surface area contributed by atoms with Crippen molar-refractivity contribution in [3.63, 3.8) is 0 Å². The van der Waals surface area contributed by atoms with Crippen molar-refractivity contribution < 1.29 is 9.53 Å². The Hall–Kier alpha value is -0.610. The maximum Gasteiger partial charge on any atom is 0.221 e. The van der Waals surface area contributed by atoms with Crippen LogP contribution in [0, 0.1) is 11.3 Å². The van der Waals surface area contributed by atoms with Gasteiger partial charge in [-0.1, -0.05) is 20.3 Å². The number of ether oxygens (including phenoxy) is 1. The summed E-state index contributed by atoms with van der Waals surface area (Å²) < 4.78 is 5.35. The lowest BCUT2D eigenvalue weighted by atomic mass is 9.67. The molecule has 1 saturated heterocycles. The van der Waals surface area contributed by atoms with Gasteiger partial charge in [-0.15, -0.1) is 0 Å². The van der Waals surface area contributed by atoms with E-state index in [2.05, 4.69) is 24.5 Å². The Balaban J connectivity index is 1.67. The maximum atomic E-state index is 11.9. The topological polar surface area (TPSA) is 50.4 Å². The van der Waals surface area contributed by atoms with Crippen LogP contribution in [0.3, 0.4) is 0 Å². The molecule has 0 aromatic rings. The summed E-state index contributed by atoms with van der Waals surface area (Å²) in [7, 11) is 0. The normalized spacial score (nSPS) is 25.6. The summed E-state index contributed by atoms with van der Waals surface area (Å²) in [6.45, 7) is 7.58. The molecule has 1 aliphatic carbocycles. The lowest BCUT2D eigenvalue weighted by Crippen LogP contribution is -2.46. The Labute approximate surface area is 110 Å². The molecule has 2 fully saturated rings. The predicted octanol–water partition coefficient (Wildman–Crippen LogP) is 1.31. The van der Waals surface area contributed by atoms with E-state index in [0.717, 1.165) is 25.6 Å². The second-order valence-corrected chi connectivity index (χ2v) is 6.32. The lowest BCUT2D eigenvalue weighted by Gasteiger charge is -2.40. The number of morpholine rings is 1. The Morgan fingerprint density at radius 3 is 2.78 bits per heavy atom. The molecular formula is C14H26N2O2. The molecule has 1 saturated carbocycles. The summed E-state index contributed by atoms with van der Waals surface area (Å²) in [6.07, 6.45) is 4.52. The van der Waals surface area contributed by atoms with Crippen LogP contribution in [-0.4, -0.2) is 38.3 Å². The van der Waals surface area contributed by atoms with Gasteiger partial charge in [-0.3, -0.25) is 4.79 Å². The van der Waals surface area contributed by atoms with Gasteiger partial charge < -0.3 is 15.4 Å². The Kier molecular flexibility index (Phi) is 4.62. The van der Waals surface area contributed by atoms with Crippen LogP contribution < -0.4 is 10.6 Å². The third kappa shape index (κ3) is 3.69. The molecule has 18 heavy (non-hydrogen) atoms. The molecule has 2 N–H and O–H groups in total. The Morgan fingerprint density at radius 2 is 2.22 bits per heavy atom. The van der Waals surface area contributed by atoms with Crippen LogP contribution in [0.25, 0.3) is 0 Å². The molecule has 0 spiro atoms. The van der Waals surface area contributed by atoms with E-state index in [-0.39, 0.29) is 17.4 Å². The lowest BCUT2D eigenvalue weighted by molar-refractivity contribution is -0.123. The largest absolute Gasteiger partial charge is 0.378 e. The molecule has 4 heteroatoms. The Bertz CT molecular complexity index is 282. The van der Waals surface area contributed by atoms with E-state index in [4.69, 9.17) is 4.74 Å². The third-order valence-electron chi connectivity index (χ3n) is 4.38. The van der Waals surface area contributed by atoms with Crippen molar-refractivity contribution in [2.45, 2.75) is 45.6 Å². The average Bonchev–Trinajstić information content (AvgIpc) is 2.25. The number of nitrogens with one attached hydrogen (secondary N) is 2. The van der Waals surface area contributed by atoms with Gasteiger partial charge in [-0.25, -0.2) is 0 Å². The third-order valence-corrected chi connectivity index (χ3v) is 4.38. The number of rotatable bonds is 5. The minimum Gasteiger partial charge on any atom is -0.378 e. The summed E-state index contributed by atoms with van der Waals surface area (Å²) >= 11 is 0. The quantitative estimate of drug-likeness (QED) is 0.777. The zero-order valence-corrected chi connectivity index (χ0v) is 11.6. The van der Waals surface area contributed by atoms with E-state index in [1.54, 1.807) is 0 Å². The van der Waals surface area contributed by atoms with Crippen LogP contribution in [0.5, 0.6) is 0 Å². The standard InChI is InChI=1S/C14H26N2O2/c1-14(2,11-4-3-5-11)10-16-13(17)8-12-9-18-7-6-15-12/h11-12,15H,3-10H2,1-2H3,(H,16,17). The van der Waals surface area contributed by atoms with E-state index in [1.807, 2.05) is 0 Å². The van der Waals surface area contributed by atoms with Crippen LogP contribution in [0.15, 0.2) is 0 Å². The molecule has 1 heterocycles. The van der Waals surface area contributed by atoms with Crippen LogP contribution in [0.2, 0.25) is 0 Å². The molecule has 0 aromatic carbocycles. The summed E-state index contributed by atoms with van der Waals surface area (Å²) in [5, 5.41) is 6.39. The maximum absolute atomic E-state index is 11.9. The summed E-state index contributed by atoms with van der Waals surface area (Å²) in [5.74, 6) is 0.930. The first-order chi connectivity index (χ1) is 8.58. The van der Waals surface area contributed by atoms with Gasteiger partial charge in [0.25, 0.3) is 0 Å². The van der Waals surface area contributed by atoms with Gasteiger partial charge in [-0.05, 0) is 24.2 Å². The second kappa shape index (κ2) is 6.02. The molecule has 4 nitrogen and oxygen atoms in total. The highest BCUT2D eigenvalue weighted by Crippen LogP contribution is 2.41. The molecule has 2 aliphatic rings. The SMILES string of the molecule is CC(C)(CNC(=O)CC1COCCN1)C1CCC1. The number of amides is 1. The van der Waals surface area contributed by atoms with E-state index in [1.165, 1.54) is 19.3 Å². The molecule has 0 bridgehead atoms. The van der Waals surface area contributed by atoms with Crippen molar-refractivity contribution >= 4 is 5.91 Å². The average molecular weight is 254 g/mol. The van der Waals surface area contributed by atoms with Gasteiger partial charge in [0.1, 0.15) is 0 Å². The number of hydrogen-bond donors (Lipinski definition) is 2. The fourth-order valence-corrected chi connectivity index (χ4v) is 2.71. The van der Waals surface area contributed by atoms with Gasteiger partial charge in [-0.2, -0.15) is 0 Å². The van der Waals surface area contributed by atoms with E-state index in [0.29, 0.717) is 13.0 Å². The van der Waals surface area contributed by atoms with Gasteiger partial charge in [0.05, 0.1) is 13.2 Å². The molecule has 1 unspecified atom stereocenters. The highest BCUT2D eigenvalue weighted by atomic mass is 16.5. The zero-order valence-electron chi connectivity index (χ0n) is 11.6. The molecular weight excluding hydrogens is 228 g/mol. The fraction of sp³-hybridized carbons (Fsp3) is 0.929. The number of hydrogen-bond acceptors (Lipinski definition) is 3. The monoisotopic (exact) mass is 254 g/mol. The molecule has 1 atom stereocenters. The minimum absolute atomic E-state index is 0.144. The van der Waals surface area contributed by atoms with Crippen molar-refractivity contribution in [2.75, 3.05) is 26.3 Å². The first kappa shape index (κ1) is 13.8. The molecule has 104 valence electrons. The highest BCUT2D eigenvalue weighted by molar-refractivity contribution is 5.76. The Morgan fingerprint density at radius 1 is 1.44 bits per heavy atom. The molecule has 2 rings (SSSR count). The van der Waals surface area contributed by atoms with Crippen molar-refractivity contribution in [1.29, 1.82) is 0 Å². The first-order valence-corrected chi connectivity index (χ1v) is 7.16. The smallest absolute Gasteiger partial charge is 0.221 e. The number of carbonyl (C=O) groups is 1. The van der Waals surface area contributed by atoms with Crippen molar-refractivity contribution in [3.05, 3.63) is 0 Å². The minimum atomic E-state index is 0.144. The van der Waals surface area contributed by atoms with Crippen LogP contribution >= 0.6 is 0 Å². The van der Waals surface area contributed by atoms with Gasteiger partial charge in [0, 0.05) is 25.6 Å². The van der Waals surface area contributed by atoms with Crippen molar-refractivity contribution in [1.82, 2.24) is 10.6 Å². The van der Waals surface area contributed by atoms with Crippen LogP contribution in [0.4, 0.5) is 0 Å². The molecule has 0 radical (unpaired) electrons. The fourth-order valence-electron chi connectivity index (χ4n) is 2.71. The zero-order chi connectivity index (χ0) is 13.0. The molecule has 0 aromatic heterocycles. The van der Waals surface area contributed by atoms with Crippen molar-refractivity contribution in [2.24, 2.45) is 11.3 Å². The second-order valence-electron chi connectivity index (χ2n) is 6.32. The van der Waals surface area contributed by atoms with Gasteiger partial charge >= 0.3 is 0 Å². The van der Waals surface area contributed by atoms with Crippen molar-refractivity contribution in [3.8, 4) is 0 Å². The summed E-state index contributed by atoms with van der Waals surface area (Å²) in [6, 6.07) is 0.186. The molecule has 1 aliphatic heterocycles. The molecule has 1 amide bonds. The highest BCUT2D eigenvalue weighted by Gasteiger charge is 2.34. The van der Waals surface area contributed by atoms with E-state index >= 15 is 0 Å². The summed E-state index contributed by atoms with van der Waals surface area (Å²) in [5.41, 5.74) is 0.240. The van der Waals surface area contributed by atoms with Crippen LogP contribution in [-0.2, 0) is 9.53 Å². The first-order valence-electron chi connectivity index (χ1n) is 7.16. The van der Waals surface area contributed by atoms with Crippen LogP contribution in [0.1, 0.15) is 39.5 Å². The number of carbonyl (C=O) groups excluding carboxylic acids is 1. The van der Waals surface area contributed by atoms with E-state index in [9.17, 15) is 4.79 Å². The predicted molar refractivity (Wildman–Crippen MR) is 71.4 cm³/mol. The van der Waals surface area contributed by atoms with Gasteiger partial charge in [0.15, 0.2) is 0 Å². The summed E-state index contributed by atoms with van der Waals surface area (Å²) in [4.78, 5) is 11.9.